The molecule has 3 rings (SSSR count). The first-order valence-corrected chi connectivity index (χ1v) is 10.5. The number of rotatable bonds is 5. The van der Waals surface area contributed by atoms with Gasteiger partial charge in [-0.15, -0.1) is 0 Å². The standard InChI is InChI=1S/C23H29N3OS/c1-3-21(18-9-7-17(2)8-10-18)25-23(28)24-20-13-11-19(12-14-20)22(27)26-15-5-4-6-16-26/h7-14,21H,3-6,15-16H2,1-2H3,(H2,24,25,28)/t21-/m1/s1. The number of hydrogen-bond acceptors (Lipinski definition) is 2. The molecule has 1 saturated heterocycles. The van der Waals surface area contributed by atoms with E-state index in [-0.39, 0.29) is 11.9 Å². The summed E-state index contributed by atoms with van der Waals surface area (Å²) in [5.41, 5.74) is 4.09. The smallest absolute Gasteiger partial charge is 0.253 e. The summed E-state index contributed by atoms with van der Waals surface area (Å²) in [6, 6.07) is 16.3. The second kappa shape index (κ2) is 9.69. The average Bonchev–Trinajstić information content (AvgIpc) is 2.73. The van der Waals surface area contributed by atoms with Crippen LogP contribution in [-0.2, 0) is 0 Å². The SMILES string of the molecule is CC[C@@H](NC(=S)Nc1ccc(C(=O)N2CCCCC2)cc1)c1ccc(C)cc1. The second-order valence-electron chi connectivity index (χ2n) is 7.40. The zero-order valence-corrected chi connectivity index (χ0v) is 17.5. The van der Waals surface area contributed by atoms with Crippen LogP contribution in [0, 0.1) is 6.92 Å². The third kappa shape index (κ3) is 5.32. The van der Waals surface area contributed by atoms with E-state index in [0.29, 0.717) is 5.11 Å². The molecule has 1 aliphatic rings. The van der Waals surface area contributed by atoms with Crippen molar-refractivity contribution in [2.75, 3.05) is 18.4 Å². The van der Waals surface area contributed by atoms with Crippen LogP contribution >= 0.6 is 12.2 Å². The van der Waals surface area contributed by atoms with Gasteiger partial charge in [0.1, 0.15) is 0 Å². The number of carbonyl (C=O) groups excluding carboxylic acids is 1. The Kier molecular flexibility index (Phi) is 7.04. The highest BCUT2D eigenvalue weighted by atomic mass is 32.1. The first-order chi connectivity index (χ1) is 13.6. The van der Waals surface area contributed by atoms with Gasteiger partial charge >= 0.3 is 0 Å². The highest BCUT2D eigenvalue weighted by molar-refractivity contribution is 7.80. The van der Waals surface area contributed by atoms with E-state index in [0.717, 1.165) is 43.6 Å². The minimum absolute atomic E-state index is 0.123. The van der Waals surface area contributed by atoms with Gasteiger partial charge in [-0.25, -0.2) is 0 Å². The van der Waals surface area contributed by atoms with Crippen LogP contribution in [0.5, 0.6) is 0 Å². The van der Waals surface area contributed by atoms with Crippen LogP contribution < -0.4 is 10.6 Å². The molecular weight excluding hydrogens is 366 g/mol. The molecule has 0 unspecified atom stereocenters. The molecule has 1 aliphatic heterocycles. The molecule has 1 heterocycles. The first-order valence-electron chi connectivity index (χ1n) is 10.1. The van der Waals surface area contributed by atoms with Gasteiger partial charge in [0.2, 0.25) is 0 Å². The fourth-order valence-electron chi connectivity index (χ4n) is 3.52. The summed E-state index contributed by atoms with van der Waals surface area (Å²) in [7, 11) is 0. The van der Waals surface area contributed by atoms with Crippen LogP contribution in [-0.4, -0.2) is 29.0 Å². The molecule has 0 saturated carbocycles. The molecule has 0 spiro atoms. The fourth-order valence-corrected chi connectivity index (χ4v) is 3.78. The van der Waals surface area contributed by atoms with Gasteiger partial charge in [0.15, 0.2) is 5.11 Å². The fraction of sp³-hybridized carbons (Fsp3) is 0.391. The van der Waals surface area contributed by atoms with Crippen molar-refractivity contribution in [3.05, 3.63) is 65.2 Å². The van der Waals surface area contributed by atoms with Crippen LogP contribution in [0.4, 0.5) is 5.69 Å². The lowest BCUT2D eigenvalue weighted by molar-refractivity contribution is 0.0724. The van der Waals surface area contributed by atoms with Gasteiger partial charge < -0.3 is 15.5 Å². The Bertz CT molecular complexity index is 796. The maximum atomic E-state index is 12.6. The Morgan fingerprint density at radius 3 is 2.29 bits per heavy atom. The van der Waals surface area contributed by atoms with E-state index < -0.39 is 0 Å². The summed E-state index contributed by atoms with van der Waals surface area (Å²) in [6.07, 6.45) is 4.36. The zero-order chi connectivity index (χ0) is 19.9. The average molecular weight is 396 g/mol. The summed E-state index contributed by atoms with van der Waals surface area (Å²) < 4.78 is 0. The van der Waals surface area contributed by atoms with Crippen molar-refractivity contribution in [2.24, 2.45) is 0 Å². The van der Waals surface area contributed by atoms with Crippen molar-refractivity contribution in [2.45, 2.75) is 45.6 Å². The normalized spacial score (nSPS) is 15.0. The van der Waals surface area contributed by atoms with E-state index in [9.17, 15) is 4.79 Å². The molecule has 0 bridgehead atoms. The molecule has 4 nitrogen and oxygen atoms in total. The third-order valence-corrected chi connectivity index (χ3v) is 5.45. The largest absolute Gasteiger partial charge is 0.356 e. The predicted molar refractivity (Wildman–Crippen MR) is 120 cm³/mol. The van der Waals surface area contributed by atoms with Crippen LogP contribution in [0.3, 0.4) is 0 Å². The number of thiocarbonyl (C=S) groups is 1. The van der Waals surface area contributed by atoms with Gasteiger partial charge in [0.25, 0.3) is 5.91 Å². The number of nitrogens with zero attached hydrogens (tertiary/aromatic N) is 1. The predicted octanol–water partition coefficient (Wildman–Crippen LogP) is 5.06. The Labute approximate surface area is 173 Å². The molecule has 0 aromatic heterocycles. The molecule has 2 aromatic rings. The molecule has 0 radical (unpaired) electrons. The number of likely N-dealkylation sites (tertiary alicyclic amines) is 1. The number of piperidine rings is 1. The maximum Gasteiger partial charge on any atom is 0.253 e. The minimum Gasteiger partial charge on any atom is -0.356 e. The van der Waals surface area contributed by atoms with Gasteiger partial charge in [-0.2, -0.15) is 0 Å². The van der Waals surface area contributed by atoms with Crippen molar-refractivity contribution in [3.8, 4) is 0 Å². The van der Waals surface area contributed by atoms with Gasteiger partial charge in [0, 0.05) is 24.3 Å². The lowest BCUT2D eigenvalue weighted by Crippen LogP contribution is -2.35. The molecule has 2 N–H and O–H groups in total. The molecule has 2 aromatic carbocycles. The molecule has 0 aliphatic carbocycles. The second-order valence-corrected chi connectivity index (χ2v) is 7.81. The Hall–Kier alpha value is -2.40. The Balaban J connectivity index is 1.57. The quantitative estimate of drug-likeness (QED) is 0.695. The number of carbonyl (C=O) groups is 1. The molecule has 5 heteroatoms. The maximum absolute atomic E-state index is 12.6. The van der Waals surface area contributed by atoms with Crippen molar-refractivity contribution in [3.63, 3.8) is 0 Å². The van der Waals surface area contributed by atoms with E-state index >= 15 is 0 Å². The topological polar surface area (TPSA) is 44.4 Å². The third-order valence-electron chi connectivity index (χ3n) is 5.23. The Morgan fingerprint density at radius 2 is 1.68 bits per heavy atom. The van der Waals surface area contributed by atoms with E-state index in [1.165, 1.54) is 17.5 Å². The molecule has 148 valence electrons. The van der Waals surface area contributed by atoms with E-state index in [1.807, 2.05) is 29.2 Å². The van der Waals surface area contributed by atoms with Crippen LogP contribution in [0.15, 0.2) is 48.5 Å². The van der Waals surface area contributed by atoms with Crippen LogP contribution in [0.1, 0.15) is 60.1 Å². The van der Waals surface area contributed by atoms with Crippen LogP contribution in [0.2, 0.25) is 0 Å². The monoisotopic (exact) mass is 395 g/mol. The van der Waals surface area contributed by atoms with Crippen molar-refractivity contribution >= 4 is 28.9 Å². The summed E-state index contributed by atoms with van der Waals surface area (Å²) in [4.78, 5) is 14.5. The summed E-state index contributed by atoms with van der Waals surface area (Å²) in [5, 5.41) is 7.20. The van der Waals surface area contributed by atoms with Gasteiger partial charge in [0.05, 0.1) is 6.04 Å². The van der Waals surface area contributed by atoms with E-state index in [4.69, 9.17) is 12.2 Å². The van der Waals surface area contributed by atoms with Crippen molar-refractivity contribution in [1.82, 2.24) is 10.2 Å². The highest BCUT2D eigenvalue weighted by Crippen LogP contribution is 2.19. The number of anilines is 1. The highest BCUT2D eigenvalue weighted by Gasteiger charge is 2.18. The summed E-state index contributed by atoms with van der Waals surface area (Å²) in [5.74, 6) is 0.123. The van der Waals surface area contributed by atoms with E-state index in [1.54, 1.807) is 0 Å². The van der Waals surface area contributed by atoms with Gasteiger partial charge in [-0.1, -0.05) is 36.8 Å². The number of nitrogens with one attached hydrogen (secondary N) is 2. The Morgan fingerprint density at radius 1 is 1.04 bits per heavy atom. The molecule has 1 amide bonds. The van der Waals surface area contributed by atoms with Crippen molar-refractivity contribution in [1.29, 1.82) is 0 Å². The number of hydrogen-bond donors (Lipinski definition) is 2. The number of aryl methyl sites for hydroxylation is 1. The minimum atomic E-state index is 0.123. The summed E-state index contributed by atoms with van der Waals surface area (Å²) in [6.45, 7) is 5.96. The lowest BCUT2D eigenvalue weighted by atomic mass is 10.0. The molecular formula is C23H29N3OS. The molecule has 28 heavy (non-hydrogen) atoms. The van der Waals surface area contributed by atoms with Crippen molar-refractivity contribution < 1.29 is 4.79 Å². The first kappa shape index (κ1) is 20.3. The lowest BCUT2D eigenvalue weighted by Gasteiger charge is -2.26. The zero-order valence-electron chi connectivity index (χ0n) is 16.7. The molecule has 1 atom stereocenters. The molecule has 1 fully saturated rings. The van der Waals surface area contributed by atoms with Gasteiger partial charge in [-0.05, 0) is 74.7 Å². The van der Waals surface area contributed by atoms with Crippen LogP contribution in [0.25, 0.3) is 0 Å². The number of benzene rings is 2. The number of amides is 1. The van der Waals surface area contributed by atoms with Gasteiger partial charge in [-0.3, -0.25) is 4.79 Å². The summed E-state index contributed by atoms with van der Waals surface area (Å²) >= 11 is 5.49. The van der Waals surface area contributed by atoms with E-state index in [2.05, 4.69) is 48.7 Å².